The number of rotatable bonds is 5. The van der Waals surface area contributed by atoms with Gasteiger partial charge < -0.3 is 10.1 Å². The summed E-state index contributed by atoms with van der Waals surface area (Å²) in [4.78, 5) is 10.8. The monoisotopic (exact) mass is 364 g/mol. The summed E-state index contributed by atoms with van der Waals surface area (Å²) in [7, 11) is 1.66. The van der Waals surface area contributed by atoms with Crippen LogP contribution in [-0.4, -0.2) is 28.4 Å². The van der Waals surface area contributed by atoms with Gasteiger partial charge in [0.1, 0.15) is 11.6 Å². The zero-order valence-electron chi connectivity index (χ0n) is 15.2. The molecule has 0 fully saturated rings. The van der Waals surface area contributed by atoms with Gasteiger partial charge in [0.05, 0.1) is 23.4 Å². The van der Waals surface area contributed by atoms with Crippen LogP contribution in [0, 0.1) is 17.0 Å². The van der Waals surface area contributed by atoms with Crippen LogP contribution >= 0.6 is 0 Å². The molecule has 1 aliphatic heterocycles. The quantitative estimate of drug-likeness (QED) is 0.552. The number of non-ortho nitro benzene ring substituents is 1. The van der Waals surface area contributed by atoms with Crippen LogP contribution in [0.2, 0.25) is 0 Å². The van der Waals surface area contributed by atoms with E-state index in [-0.39, 0.29) is 10.6 Å². The van der Waals surface area contributed by atoms with Crippen LogP contribution in [0.5, 0.6) is 5.75 Å². The van der Waals surface area contributed by atoms with Crippen LogP contribution in [0.4, 0.5) is 11.5 Å². The summed E-state index contributed by atoms with van der Waals surface area (Å²) in [5, 5.41) is 19.4. The number of methoxy groups -OCH3 is 1. The molecule has 1 N–H and O–H groups in total. The van der Waals surface area contributed by atoms with E-state index in [1.807, 2.05) is 31.2 Å². The lowest BCUT2D eigenvalue weighted by molar-refractivity contribution is -0.384. The van der Waals surface area contributed by atoms with Gasteiger partial charge in [-0.1, -0.05) is 24.3 Å². The first kappa shape index (κ1) is 17.1. The zero-order chi connectivity index (χ0) is 19.0. The van der Waals surface area contributed by atoms with E-state index in [4.69, 9.17) is 9.84 Å². The highest BCUT2D eigenvalue weighted by Crippen LogP contribution is 2.33. The van der Waals surface area contributed by atoms with Crippen molar-refractivity contribution in [2.45, 2.75) is 19.8 Å². The van der Waals surface area contributed by atoms with E-state index in [1.165, 1.54) is 6.07 Å². The second-order valence-electron chi connectivity index (χ2n) is 6.58. The van der Waals surface area contributed by atoms with E-state index >= 15 is 0 Å². The maximum atomic E-state index is 11.2. The lowest BCUT2D eigenvalue weighted by Gasteiger charge is -2.10. The summed E-state index contributed by atoms with van der Waals surface area (Å²) in [6.45, 7) is 2.77. The van der Waals surface area contributed by atoms with Gasteiger partial charge in [0, 0.05) is 36.2 Å². The van der Waals surface area contributed by atoms with E-state index in [0.29, 0.717) is 6.42 Å². The largest absolute Gasteiger partial charge is 0.496 e. The van der Waals surface area contributed by atoms with Gasteiger partial charge in [0.25, 0.3) is 5.69 Å². The fourth-order valence-corrected chi connectivity index (χ4v) is 3.53. The summed E-state index contributed by atoms with van der Waals surface area (Å²) in [5.41, 5.74) is 4.90. The molecule has 1 aliphatic rings. The predicted molar refractivity (Wildman–Crippen MR) is 103 cm³/mol. The Morgan fingerprint density at radius 2 is 2.11 bits per heavy atom. The van der Waals surface area contributed by atoms with E-state index in [0.717, 1.165) is 52.6 Å². The molecule has 0 saturated heterocycles. The molecule has 1 aromatic heterocycles. The van der Waals surface area contributed by atoms with Gasteiger partial charge in [0.15, 0.2) is 0 Å². The molecule has 0 bridgehead atoms. The van der Waals surface area contributed by atoms with Gasteiger partial charge in [-0.05, 0) is 25.0 Å². The van der Waals surface area contributed by atoms with Crippen molar-refractivity contribution in [2.24, 2.45) is 0 Å². The number of nitro groups is 1. The molecular formula is C20H20N4O3. The van der Waals surface area contributed by atoms with Crippen molar-refractivity contribution in [1.29, 1.82) is 0 Å². The Hall–Kier alpha value is -3.35. The minimum Gasteiger partial charge on any atom is -0.496 e. The number of aryl methyl sites for hydroxylation is 1. The Labute approximate surface area is 156 Å². The highest BCUT2D eigenvalue weighted by atomic mass is 16.6. The van der Waals surface area contributed by atoms with Crippen LogP contribution in [0.1, 0.15) is 22.4 Å². The molecule has 0 spiro atoms. The van der Waals surface area contributed by atoms with E-state index in [2.05, 4.69) is 5.32 Å². The molecule has 2 aromatic carbocycles. The standard InChI is InChI=1S/C20H20N4O3/c1-13-7-8-15(24(25)26)12-18(13)23-20-16(9-10-21-20)17(22-23)11-14-5-3-4-6-19(14)27-2/h3-8,12,21H,9-11H2,1-2H3. The summed E-state index contributed by atoms with van der Waals surface area (Å²) >= 11 is 0. The van der Waals surface area contributed by atoms with Crippen molar-refractivity contribution in [3.8, 4) is 11.4 Å². The van der Waals surface area contributed by atoms with Crippen molar-refractivity contribution in [1.82, 2.24) is 9.78 Å². The number of benzene rings is 2. The van der Waals surface area contributed by atoms with Crippen molar-refractivity contribution in [3.63, 3.8) is 0 Å². The number of para-hydroxylation sites is 1. The first-order valence-corrected chi connectivity index (χ1v) is 8.80. The first-order chi connectivity index (χ1) is 13.1. The normalized spacial score (nSPS) is 12.5. The first-order valence-electron chi connectivity index (χ1n) is 8.80. The van der Waals surface area contributed by atoms with Gasteiger partial charge in [-0.25, -0.2) is 4.68 Å². The van der Waals surface area contributed by atoms with Gasteiger partial charge in [-0.15, -0.1) is 0 Å². The Morgan fingerprint density at radius 3 is 2.89 bits per heavy atom. The van der Waals surface area contributed by atoms with Gasteiger partial charge in [-0.2, -0.15) is 5.10 Å². The summed E-state index contributed by atoms with van der Waals surface area (Å²) in [6, 6.07) is 12.8. The lowest BCUT2D eigenvalue weighted by Crippen LogP contribution is -2.07. The average Bonchev–Trinajstić information content (AvgIpc) is 3.26. The fraction of sp³-hybridized carbons (Fsp3) is 0.250. The molecule has 4 rings (SSSR count). The number of anilines is 1. The molecule has 7 nitrogen and oxygen atoms in total. The van der Waals surface area contributed by atoms with E-state index in [9.17, 15) is 10.1 Å². The number of hydrogen-bond acceptors (Lipinski definition) is 5. The molecule has 2 heterocycles. The number of aromatic nitrogens is 2. The van der Waals surface area contributed by atoms with Crippen LogP contribution in [0.25, 0.3) is 5.69 Å². The van der Waals surface area contributed by atoms with Crippen molar-refractivity contribution in [2.75, 3.05) is 19.0 Å². The molecule has 138 valence electrons. The summed E-state index contributed by atoms with van der Waals surface area (Å²) < 4.78 is 7.27. The third kappa shape index (κ3) is 3.01. The lowest BCUT2D eigenvalue weighted by atomic mass is 10.0. The number of nitrogens with one attached hydrogen (secondary N) is 1. The number of nitro benzene ring substituents is 1. The highest BCUT2D eigenvalue weighted by molar-refractivity contribution is 5.60. The zero-order valence-corrected chi connectivity index (χ0v) is 15.2. The van der Waals surface area contributed by atoms with Crippen LogP contribution in [0.15, 0.2) is 42.5 Å². The van der Waals surface area contributed by atoms with Crippen LogP contribution < -0.4 is 10.1 Å². The molecule has 3 aromatic rings. The highest BCUT2D eigenvalue weighted by Gasteiger charge is 2.25. The van der Waals surface area contributed by atoms with Crippen molar-refractivity contribution >= 4 is 11.5 Å². The third-order valence-corrected chi connectivity index (χ3v) is 4.92. The Morgan fingerprint density at radius 1 is 1.30 bits per heavy atom. The van der Waals surface area contributed by atoms with E-state index < -0.39 is 0 Å². The molecule has 0 amide bonds. The second kappa shape index (κ2) is 6.75. The molecule has 0 unspecified atom stereocenters. The summed E-state index contributed by atoms with van der Waals surface area (Å²) in [5.74, 6) is 1.75. The second-order valence-corrected chi connectivity index (χ2v) is 6.58. The molecular weight excluding hydrogens is 344 g/mol. The van der Waals surface area contributed by atoms with Crippen LogP contribution in [-0.2, 0) is 12.8 Å². The number of nitrogens with zero attached hydrogens (tertiary/aromatic N) is 3. The topological polar surface area (TPSA) is 82.2 Å². The average molecular weight is 364 g/mol. The Balaban J connectivity index is 1.80. The number of hydrogen-bond donors (Lipinski definition) is 1. The van der Waals surface area contributed by atoms with E-state index in [1.54, 1.807) is 23.9 Å². The predicted octanol–water partition coefficient (Wildman–Crippen LogP) is 3.66. The van der Waals surface area contributed by atoms with Crippen LogP contribution in [0.3, 0.4) is 0 Å². The maximum Gasteiger partial charge on any atom is 0.271 e. The smallest absolute Gasteiger partial charge is 0.271 e. The molecule has 0 radical (unpaired) electrons. The van der Waals surface area contributed by atoms with Gasteiger partial charge in [0.2, 0.25) is 0 Å². The SMILES string of the molecule is COc1ccccc1Cc1nn(-c2cc([N+](=O)[O-])ccc2C)c2c1CCN2. The van der Waals surface area contributed by atoms with Crippen molar-refractivity contribution < 1.29 is 9.66 Å². The molecule has 0 aliphatic carbocycles. The molecule has 7 heteroatoms. The molecule has 0 atom stereocenters. The maximum absolute atomic E-state index is 11.2. The van der Waals surface area contributed by atoms with Gasteiger partial charge >= 0.3 is 0 Å². The van der Waals surface area contributed by atoms with Gasteiger partial charge in [-0.3, -0.25) is 10.1 Å². The fourth-order valence-electron chi connectivity index (χ4n) is 3.53. The number of fused-ring (bicyclic) bond motifs is 1. The Kier molecular flexibility index (Phi) is 4.27. The Bertz CT molecular complexity index is 1030. The minimum absolute atomic E-state index is 0.0594. The third-order valence-electron chi connectivity index (χ3n) is 4.92. The minimum atomic E-state index is -0.379. The van der Waals surface area contributed by atoms with Crippen molar-refractivity contribution in [3.05, 3.63) is 75.0 Å². The molecule has 0 saturated carbocycles. The molecule has 27 heavy (non-hydrogen) atoms. The summed E-state index contributed by atoms with van der Waals surface area (Å²) in [6.07, 6.45) is 1.53. The number of ether oxygens (including phenoxy) is 1.